The van der Waals surface area contributed by atoms with Gasteiger partial charge in [0.05, 0.1) is 5.69 Å². The summed E-state index contributed by atoms with van der Waals surface area (Å²) >= 11 is 1.75. The first-order valence-electron chi connectivity index (χ1n) is 10.6. The van der Waals surface area contributed by atoms with Gasteiger partial charge in [-0.25, -0.2) is 4.98 Å². The second-order valence-electron chi connectivity index (χ2n) is 8.51. The second-order valence-corrected chi connectivity index (χ2v) is 9.58. The zero-order valence-corrected chi connectivity index (χ0v) is 18.4. The van der Waals surface area contributed by atoms with Gasteiger partial charge in [0.2, 0.25) is 5.82 Å². The molecule has 0 bridgehead atoms. The number of aryl methyl sites for hydroxylation is 1. The van der Waals surface area contributed by atoms with Crippen LogP contribution in [0.4, 0.5) is 0 Å². The van der Waals surface area contributed by atoms with E-state index in [1.807, 2.05) is 24.6 Å². The normalized spacial score (nSPS) is 21.0. The number of aromatic nitrogens is 4. The molecule has 3 heterocycles. The summed E-state index contributed by atoms with van der Waals surface area (Å²) in [5.41, 5.74) is 5.04. The van der Waals surface area contributed by atoms with Crippen LogP contribution in [-0.2, 0) is 18.9 Å². The Hall–Kier alpha value is -2.06. The number of benzene rings is 1. The van der Waals surface area contributed by atoms with Crippen LogP contribution in [-0.4, -0.2) is 57.9 Å². The average Bonchev–Trinajstić information content (AvgIpc) is 3.50. The summed E-state index contributed by atoms with van der Waals surface area (Å²) in [6, 6.07) is 6.47. The van der Waals surface area contributed by atoms with E-state index in [1.54, 1.807) is 11.8 Å². The molecule has 0 N–H and O–H groups in total. The highest BCUT2D eigenvalue weighted by Crippen LogP contribution is 2.44. The number of thioether (sulfide) groups is 1. The van der Waals surface area contributed by atoms with E-state index in [4.69, 9.17) is 12.3 Å². The van der Waals surface area contributed by atoms with Gasteiger partial charge in [-0.05, 0) is 51.3 Å². The lowest BCUT2D eigenvalue weighted by atomic mass is 9.79. The quantitative estimate of drug-likeness (QED) is 0.348. The van der Waals surface area contributed by atoms with Crippen molar-refractivity contribution in [1.82, 2.24) is 24.6 Å². The summed E-state index contributed by atoms with van der Waals surface area (Å²) in [4.78, 5) is 6.77. The molecule has 0 amide bonds. The first-order chi connectivity index (χ1) is 14.6. The van der Waals surface area contributed by atoms with Gasteiger partial charge in [0.1, 0.15) is 7.85 Å². The first-order valence-corrected chi connectivity index (χ1v) is 11.6. The molecular formula is C22H26BN5OS. The van der Waals surface area contributed by atoms with E-state index in [1.165, 1.54) is 36.9 Å². The largest absolute Gasteiger partial charge is 0.440 e. The van der Waals surface area contributed by atoms with Crippen molar-refractivity contribution in [3.05, 3.63) is 41.4 Å². The molecule has 1 aromatic carbocycles. The van der Waals surface area contributed by atoms with Crippen LogP contribution in [0, 0.1) is 6.92 Å². The summed E-state index contributed by atoms with van der Waals surface area (Å²) in [7, 11) is 8.20. The van der Waals surface area contributed by atoms with E-state index in [0.717, 1.165) is 53.8 Å². The second kappa shape index (κ2) is 7.89. The van der Waals surface area contributed by atoms with Crippen LogP contribution in [0.3, 0.4) is 0 Å². The van der Waals surface area contributed by atoms with Crippen LogP contribution in [0.5, 0.6) is 0 Å². The lowest BCUT2D eigenvalue weighted by Crippen LogP contribution is -2.30. The van der Waals surface area contributed by atoms with Gasteiger partial charge in [-0.15, -0.1) is 10.2 Å². The molecule has 5 rings (SSSR count). The number of fused-ring (bicyclic) bond motifs is 2. The maximum Gasteiger partial charge on any atom is 0.202 e. The molecule has 2 aliphatic rings. The van der Waals surface area contributed by atoms with Gasteiger partial charge < -0.3 is 13.9 Å². The topological polar surface area (TPSA) is 60.0 Å². The maximum atomic E-state index is 6.23. The standard InChI is InChI=1S/C22H26BN5OS/c1-15-19(29-14-24-15)20-25-26-21(27(20)2)30-12-4-10-28-11-9-22(13-28)8-7-16-17(22)5-3-6-18(16)23/h3,5-6,14H,4,7-13H2,1-2H3. The number of hydrogen-bond acceptors (Lipinski definition) is 6. The minimum Gasteiger partial charge on any atom is -0.440 e. The van der Waals surface area contributed by atoms with Crippen LogP contribution in [0.15, 0.2) is 34.2 Å². The monoisotopic (exact) mass is 419 g/mol. The van der Waals surface area contributed by atoms with Gasteiger partial charge in [-0.1, -0.05) is 41.0 Å². The molecule has 1 spiro atoms. The Labute approximate surface area is 182 Å². The van der Waals surface area contributed by atoms with Gasteiger partial charge >= 0.3 is 0 Å². The highest BCUT2D eigenvalue weighted by Gasteiger charge is 2.43. The third kappa shape index (κ3) is 3.40. The fourth-order valence-corrected chi connectivity index (χ4v) is 5.89. The van der Waals surface area contributed by atoms with Gasteiger partial charge in [0.15, 0.2) is 17.3 Å². The minimum absolute atomic E-state index is 0.325. The van der Waals surface area contributed by atoms with Gasteiger partial charge in [-0.3, -0.25) is 0 Å². The molecule has 1 aliphatic heterocycles. The molecule has 2 radical (unpaired) electrons. The molecule has 30 heavy (non-hydrogen) atoms. The summed E-state index contributed by atoms with van der Waals surface area (Å²) in [5, 5.41) is 9.54. The van der Waals surface area contributed by atoms with Crippen LogP contribution in [0.25, 0.3) is 11.6 Å². The minimum atomic E-state index is 0.325. The molecule has 3 aromatic rings. The van der Waals surface area contributed by atoms with Gasteiger partial charge in [0.25, 0.3) is 0 Å². The van der Waals surface area contributed by atoms with E-state index < -0.39 is 0 Å². The summed E-state index contributed by atoms with van der Waals surface area (Å²) < 4.78 is 7.45. The van der Waals surface area contributed by atoms with Crippen LogP contribution in [0.1, 0.15) is 36.1 Å². The smallest absolute Gasteiger partial charge is 0.202 e. The lowest BCUT2D eigenvalue weighted by Gasteiger charge is -2.26. The molecule has 2 aromatic heterocycles. The van der Waals surface area contributed by atoms with E-state index >= 15 is 0 Å². The Morgan fingerprint density at radius 2 is 2.17 bits per heavy atom. The van der Waals surface area contributed by atoms with Crippen molar-refractivity contribution in [2.75, 3.05) is 25.4 Å². The van der Waals surface area contributed by atoms with Crippen molar-refractivity contribution in [2.24, 2.45) is 7.05 Å². The fourth-order valence-electron chi connectivity index (χ4n) is 5.06. The molecule has 8 heteroatoms. The molecule has 1 unspecified atom stereocenters. The summed E-state index contributed by atoms with van der Waals surface area (Å²) in [6.07, 6.45) is 6.20. The lowest BCUT2D eigenvalue weighted by molar-refractivity contribution is 0.310. The Morgan fingerprint density at radius 3 is 3.00 bits per heavy atom. The molecular weight excluding hydrogens is 393 g/mol. The molecule has 1 atom stereocenters. The molecule has 1 fully saturated rings. The average molecular weight is 419 g/mol. The zero-order chi connectivity index (χ0) is 20.7. The van der Waals surface area contributed by atoms with Crippen LogP contribution >= 0.6 is 11.8 Å². The fraction of sp³-hybridized carbons (Fsp3) is 0.500. The third-order valence-electron chi connectivity index (χ3n) is 6.70. The third-order valence-corrected chi connectivity index (χ3v) is 7.81. The van der Waals surface area contributed by atoms with Crippen molar-refractivity contribution in [3.63, 3.8) is 0 Å². The number of hydrogen-bond donors (Lipinski definition) is 0. The van der Waals surface area contributed by atoms with E-state index in [2.05, 4.69) is 32.2 Å². The number of rotatable bonds is 6. The van der Waals surface area contributed by atoms with Gasteiger partial charge in [0, 0.05) is 24.8 Å². The zero-order valence-electron chi connectivity index (χ0n) is 17.6. The molecule has 0 saturated carbocycles. The van der Waals surface area contributed by atoms with E-state index in [9.17, 15) is 0 Å². The van der Waals surface area contributed by atoms with Crippen LogP contribution < -0.4 is 5.46 Å². The molecule has 1 saturated heterocycles. The molecule has 6 nitrogen and oxygen atoms in total. The van der Waals surface area contributed by atoms with Crippen LogP contribution in [0.2, 0.25) is 0 Å². The number of nitrogens with zero attached hydrogens (tertiary/aromatic N) is 5. The van der Waals surface area contributed by atoms with Crippen molar-refractivity contribution in [2.45, 2.75) is 43.2 Å². The van der Waals surface area contributed by atoms with E-state index in [-0.39, 0.29) is 0 Å². The Balaban J connectivity index is 1.15. The Kier molecular flexibility index (Phi) is 5.23. The molecule has 154 valence electrons. The molecule has 1 aliphatic carbocycles. The summed E-state index contributed by atoms with van der Waals surface area (Å²) in [5.74, 6) is 2.44. The maximum absolute atomic E-state index is 6.23. The van der Waals surface area contributed by atoms with Crippen molar-refractivity contribution >= 4 is 25.1 Å². The Bertz CT molecular complexity index is 1060. The highest BCUT2D eigenvalue weighted by molar-refractivity contribution is 7.99. The van der Waals surface area contributed by atoms with Gasteiger partial charge in [-0.2, -0.15) is 0 Å². The predicted molar refractivity (Wildman–Crippen MR) is 119 cm³/mol. The highest BCUT2D eigenvalue weighted by atomic mass is 32.2. The van der Waals surface area contributed by atoms with Crippen molar-refractivity contribution < 1.29 is 4.42 Å². The predicted octanol–water partition coefficient (Wildman–Crippen LogP) is 2.64. The number of oxazole rings is 1. The number of likely N-dealkylation sites (tertiary alicyclic amines) is 1. The van der Waals surface area contributed by atoms with Crippen molar-refractivity contribution in [3.8, 4) is 11.6 Å². The van der Waals surface area contributed by atoms with E-state index in [0.29, 0.717) is 11.2 Å². The Morgan fingerprint density at radius 1 is 1.27 bits per heavy atom. The summed E-state index contributed by atoms with van der Waals surface area (Å²) in [6.45, 7) is 5.38. The van der Waals surface area contributed by atoms with Crippen molar-refractivity contribution in [1.29, 1.82) is 0 Å². The first kappa shape index (κ1) is 19.9. The SMILES string of the molecule is [B]c1cccc2c1CCC21CCN(CCCSc2nnc(-c3ocnc3C)n2C)C1.